The summed E-state index contributed by atoms with van der Waals surface area (Å²) < 4.78 is 1.60. The van der Waals surface area contributed by atoms with Crippen molar-refractivity contribution in [3.05, 3.63) is 71.1 Å². The lowest BCUT2D eigenvalue weighted by Gasteiger charge is -2.19. The van der Waals surface area contributed by atoms with Crippen molar-refractivity contribution in [2.75, 3.05) is 11.1 Å². The van der Waals surface area contributed by atoms with Crippen LogP contribution >= 0.6 is 25.1 Å². The van der Waals surface area contributed by atoms with Crippen molar-refractivity contribution in [2.45, 2.75) is 13.0 Å². The fourth-order valence-electron chi connectivity index (χ4n) is 3.04. The first-order chi connectivity index (χ1) is 13.6. The Hall–Kier alpha value is -3.28. The molecular formula is C20H18ClN7S. The maximum absolute atomic E-state index is 9.41. The van der Waals surface area contributed by atoms with Crippen LogP contribution in [0.4, 0.5) is 11.5 Å². The van der Waals surface area contributed by atoms with E-state index in [9.17, 15) is 5.26 Å². The molecule has 0 aliphatic heterocycles. The minimum Gasteiger partial charge on any atom is -0.397 e. The SMILES string of the molecule is C[C@H](Nc1nccc(N)c1C#N)c1cc2ncc(Cl)n2nc1-c1ccccc1.S. The third-order valence-corrected chi connectivity index (χ3v) is 4.70. The number of rotatable bonds is 4. The van der Waals surface area contributed by atoms with Crippen LogP contribution in [-0.4, -0.2) is 19.6 Å². The minimum absolute atomic E-state index is 0. The van der Waals surface area contributed by atoms with Crippen molar-refractivity contribution in [1.29, 1.82) is 5.26 Å². The molecule has 0 spiro atoms. The molecule has 146 valence electrons. The Morgan fingerprint density at radius 1 is 1.21 bits per heavy atom. The van der Waals surface area contributed by atoms with E-state index in [2.05, 4.69) is 21.4 Å². The van der Waals surface area contributed by atoms with Crippen LogP contribution in [-0.2, 0) is 0 Å². The Morgan fingerprint density at radius 2 is 1.97 bits per heavy atom. The van der Waals surface area contributed by atoms with E-state index in [0.29, 0.717) is 27.9 Å². The minimum atomic E-state index is -0.218. The highest BCUT2D eigenvalue weighted by Gasteiger charge is 2.19. The Bertz CT molecular complexity index is 1200. The van der Waals surface area contributed by atoms with E-state index < -0.39 is 0 Å². The van der Waals surface area contributed by atoms with Crippen LogP contribution in [0.15, 0.2) is 54.9 Å². The molecule has 3 N–H and O–H groups in total. The van der Waals surface area contributed by atoms with Gasteiger partial charge in [0.05, 0.1) is 23.6 Å². The lowest BCUT2D eigenvalue weighted by atomic mass is 10.0. The lowest BCUT2D eigenvalue weighted by molar-refractivity contribution is 0.841. The van der Waals surface area contributed by atoms with Gasteiger partial charge in [0.25, 0.3) is 0 Å². The zero-order chi connectivity index (χ0) is 19.7. The van der Waals surface area contributed by atoms with E-state index >= 15 is 0 Å². The van der Waals surface area contributed by atoms with Gasteiger partial charge < -0.3 is 11.1 Å². The number of nitrogens with zero attached hydrogens (tertiary/aromatic N) is 5. The highest BCUT2D eigenvalue weighted by molar-refractivity contribution is 7.59. The summed E-state index contributed by atoms with van der Waals surface area (Å²) in [5.74, 6) is 0.426. The number of halogens is 1. The molecule has 4 rings (SSSR count). The van der Waals surface area contributed by atoms with Crippen LogP contribution in [0.5, 0.6) is 0 Å². The number of anilines is 2. The van der Waals surface area contributed by atoms with E-state index in [4.69, 9.17) is 22.4 Å². The number of fused-ring (bicyclic) bond motifs is 1. The number of imidazole rings is 1. The molecule has 0 aliphatic rings. The van der Waals surface area contributed by atoms with Gasteiger partial charge in [0.15, 0.2) is 10.8 Å². The molecule has 0 saturated carbocycles. The third kappa shape index (κ3) is 3.83. The van der Waals surface area contributed by atoms with Crippen molar-refractivity contribution >= 4 is 42.2 Å². The van der Waals surface area contributed by atoms with E-state index in [1.807, 2.05) is 43.3 Å². The van der Waals surface area contributed by atoms with Gasteiger partial charge in [0.1, 0.15) is 17.5 Å². The molecule has 0 unspecified atom stereocenters. The molecule has 0 saturated heterocycles. The molecule has 0 amide bonds. The highest BCUT2D eigenvalue weighted by Crippen LogP contribution is 2.31. The summed E-state index contributed by atoms with van der Waals surface area (Å²) in [4.78, 5) is 8.57. The second-order valence-electron chi connectivity index (χ2n) is 6.27. The Labute approximate surface area is 179 Å². The zero-order valence-corrected chi connectivity index (χ0v) is 17.2. The number of aromatic nitrogens is 4. The van der Waals surface area contributed by atoms with E-state index in [-0.39, 0.29) is 19.5 Å². The summed E-state index contributed by atoms with van der Waals surface area (Å²) in [6, 6.07) is 15.2. The fraction of sp³-hybridized carbons (Fsp3) is 0.100. The number of benzene rings is 1. The summed E-state index contributed by atoms with van der Waals surface area (Å²) in [6.45, 7) is 1.97. The number of nitrogens with two attached hydrogens (primary N) is 1. The van der Waals surface area contributed by atoms with Crippen molar-refractivity contribution in [3.8, 4) is 17.3 Å². The highest BCUT2D eigenvalue weighted by atomic mass is 35.5. The zero-order valence-electron chi connectivity index (χ0n) is 15.5. The Kier molecular flexibility index (Phi) is 5.92. The van der Waals surface area contributed by atoms with E-state index in [1.165, 1.54) is 0 Å². The number of pyridine rings is 1. The average molecular weight is 424 g/mol. The fourth-order valence-corrected chi connectivity index (χ4v) is 3.21. The lowest BCUT2D eigenvalue weighted by Crippen LogP contribution is -2.13. The first-order valence-corrected chi connectivity index (χ1v) is 8.97. The van der Waals surface area contributed by atoms with E-state index in [0.717, 1.165) is 16.8 Å². The summed E-state index contributed by atoms with van der Waals surface area (Å²) in [6.07, 6.45) is 3.13. The molecule has 1 atom stereocenters. The van der Waals surface area contributed by atoms with E-state index in [1.54, 1.807) is 23.0 Å². The van der Waals surface area contributed by atoms with Gasteiger partial charge in [-0.05, 0) is 19.1 Å². The molecule has 1 aromatic carbocycles. The number of hydrogen-bond acceptors (Lipinski definition) is 6. The quantitative estimate of drug-likeness (QED) is 0.510. The van der Waals surface area contributed by atoms with Crippen molar-refractivity contribution < 1.29 is 0 Å². The normalized spacial score (nSPS) is 11.5. The largest absolute Gasteiger partial charge is 0.397 e. The van der Waals surface area contributed by atoms with Crippen LogP contribution in [0.1, 0.15) is 24.1 Å². The second-order valence-corrected chi connectivity index (χ2v) is 6.65. The van der Waals surface area contributed by atoms with Gasteiger partial charge in [-0.3, -0.25) is 0 Å². The molecule has 3 aromatic heterocycles. The Morgan fingerprint density at radius 3 is 2.69 bits per heavy atom. The van der Waals surface area contributed by atoms with Crippen molar-refractivity contribution in [2.24, 2.45) is 0 Å². The molecule has 0 aliphatic carbocycles. The Balaban J connectivity index is 0.00000240. The van der Waals surface area contributed by atoms with Gasteiger partial charge in [0, 0.05) is 17.3 Å². The predicted molar refractivity (Wildman–Crippen MR) is 119 cm³/mol. The van der Waals surface area contributed by atoms with Crippen LogP contribution in [0.3, 0.4) is 0 Å². The van der Waals surface area contributed by atoms with Gasteiger partial charge in [0.2, 0.25) is 0 Å². The molecule has 9 heteroatoms. The number of hydrogen-bond donors (Lipinski definition) is 2. The predicted octanol–water partition coefficient (Wildman–Crippen LogP) is 4.18. The van der Waals surface area contributed by atoms with Gasteiger partial charge in [-0.15, -0.1) is 0 Å². The monoisotopic (exact) mass is 423 g/mol. The van der Waals surface area contributed by atoms with Crippen molar-refractivity contribution in [3.63, 3.8) is 0 Å². The second kappa shape index (κ2) is 8.39. The molecular weight excluding hydrogens is 406 g/mol. The first-order valence-electron chi connectivity index (χ1n) is 8.59. The summed E-state index contributed by atoms with van der Waals surface area (Å²) in [5, 5.41) is 17.8. The van der Waals surface area contributed by atoms with Crippen LogP contribution in [0, 0.1) is 11.3 Å². The summed E-state index contributed by atoms with van der Waals surface area (Å²) in [7, 11) is 0. The molecule has 29 heavy (non-hydrogen) atoms. The maximum atomic E-state index is 9.41. The van der Waals surface area contributed by atoms with Crippen LogP contribution in [0.25, 0.3) is 16.9 Å². The summed E-state index contributed by atoms with van der Waals surface area (Å²) >= 11 is 6.21. The molecule has 7 nitrogen and oxygen atoms in total. The first kappa shape index (κ1) is 20.5. The molecule has 0 radical (unpaired) electrons. The molecule has 0 fully saturated rings. The molecule has 0 bridgehead atoms. The van der Waals surface area contributed by atoms with Crippen LogP contribution < -0.4 is 11.1 Å². The smallest absolute Gasteiger partial charge is 0.155 e. The summed E-state index contributed by atoms with van der Waals surface area (Å²) in [5.41, 5.74) is 9.83. The standard InChI is InChI=1S/C20H16ClN7.H2S/c1-12(26-20-15(10-22)16(23)7-8-24-20)14-9-18-25-11-17(21)28(18)27-19(14)13-5-3-2-4-6-13;/h2-9,11-12H,1H3,(H3,23,24,26);1H2/t12-;/m0./s1. The van der Waals surface area contributed by atoms with Gasteiger partial charge in [-0.25, -0.2) is 14.5 Å². The van der Waals surface area contributed by atoms with Gasteiger partial charge in [-0.2, -0.15) is 23.9 Å². The van der Waals surface area contributed by atoms with Gasteiger partial charge in [-0.1, -0.05) is 41.9 Å². The number of nitrogen functional groups attached to an aromatic ring is 1. The maximum Gasteiger partial charge on any atom is 0.155 e. The number of nitrogens with one attached hydrogen (secondary N) is 1. The van der Waals surface area contributed by atoms with Crippen LogP contribution in [0.2, 0.25) is 5.15 Å². The third-order valence-electron chi connectivity index (χ3n) is 4.44. The molecule has 3 heterocycles. The average Bonchev–Trinajstić information content (AvgIpc) is 3.08. The van der Waals surface area contributed by atoms with Gasteiger partial charge >= 0.3 is 0 Å². The topological polar surface area (TPSA) is 105 Å². The van der Waals surface area contributed by atoms with Crippen molar-refractivity contribution in [1.82, 2.24) is 19.6 Å². The number of nitriles is 1. The molecule has 4 aromatic rings.